The molecule has 0 spiro atoms. The second-order valence-electron chi connectivity index (χ2n) is 4.10. The molecule has 0 amide bonds. The molecule has 98 valence electrons. The molecule has 0 atom stereocenters. The molecule has 0 N–H and O–H groups in total. The number of hydrogen-bond donors (Lipinski definition) is 0. The molecule has 2 heterocycles. The van der Waals surface area contributed by atoms with E-state index in [1.54, 1.807) is 18.3 Å². The van der Waals surface area contributed by atoms with Gasteiger partial charge >= 0.3 is 5.97 Å². The standard InChI is InChI=1S/C14H14N2O2S/c1-9-6-10(2)16-13(7-9)19-12-8-11(4-5-15-12)14(17)18-3/h4-8H,1-3H3. The third-order valence-corrected chi connectivity index (χ3v) is 3.29. The van der Waals surface area contributed by atoms with Crippen LogP contribution < -0.4 is 0 Å². The molecule has 0 unspecified atom stereocenters. The fourth-order valence-electron chi connectivity index (χ4n) is 1.67. The Labute approximate surface area is 116 Å². The predicted octanol–water partition coefficient (Wildman–Crippen LogP) is 3.03. The van der Waals surface area contributed by atoms with Crippen molar-refractivity contribution in [3.8, 4) is 0 Å². The first-order valence-corrected chi connectivity index (χ1v) is 6.57. The van der Waals surface area contributed by atoms with Crippen LogP contribution in [-0.2, 0) is 4.74 Å². The van der Waals surface area contributed by atoms with Crippen molar-refractivity contribution in [3.05, 3.63) is 47.3 Å². The van der Waals surface area contributed by atoms with Crippen molar-refractivity contribution in [1.29, 1.82) is 0 Å². The average molecular weight is 274 g/mol. The minimum atomic E-state index is -0.363. The second-order valence-corrected chi connectivity index (χ2v) is 5.14. The maximum absolute atomic E-state index is 11.5. The lowest BCUT2D eigenvalue weighted by atomic mass is 10.3. The Morgan fingerprint density at radius 1 is 1.21 bits per heavy atom. The Bertz CT molecular complexity index is 594. The van der Waals surface area contributed by atoms with Crippen LogP contribution in [0.4, 0.5) is 0 Å². The van der Waals surface area contributed by atoms with Crippen molar-refractivity contribution in [2.24, 2.45) is 0 Å². The van der Waals surface area contributed by atoms with E-state index >= 15 is 0 Å². The van der Waals surface area contributed by atoms with E-state index < -0.39 is 0 Å². The van der Waals surface area contributed by atoms with Crippen LogP contribution in [0.1, 0.15) is 21.6 Å². The monoisotopic (exact) mass is 274 g/mol. The molecular weight excluding hydrogens is 260 g/mol. The molecule has 2 aromatic rings. The Kier molecular flexibility index (Phi) is 4.16. The van der Waals surface area contributed by atoms with Gasteiger partial charge in [0.05, 0.1) is 12.7 Å². The van der Waals surface area contributed by atoms with E-state index in [4.69, 9.17) is 0 Å². The average Bonchev–Trinajstić information content (AvgIpc) is 2.37. The summed E-state index contributed by atoms with van der Waals surface area (Å²) in [5.74, 6) is -0.363. The van der Waals surface area contributed by atoms with Gasteiger partial charge in [-0.05, 0) is 43.7 Å². The minimum Gasteiger partial charge on any atom is -0.465 e. The number of carbonyl (C=O) groups is 1. The van der Waals surface area contributed by atoms with Gasteiger partial charge in [0.15, 0.2) is 0 Å². The van der Waals surface area contributed by atoms with Gasteiger partial charge in [-0.25, -0.2) is 14.8 Å². The van der Waals surface area contributed by atoms with Crippen molar-refractivity contribution < 1.29 is 9.53 Å². The summed E-state index contributed by atoms with van der Waals surface area (Å²) < 4.78 is 4.69. The normalized spacial score (nSPS) is 10.3. The number of esters is 1. The van der Waals surface area contributed by atoms with Crippen molar-refractivity contribution >= 4 is 17.7 Å². The van der Waals surface area contributed by atoms with Crippen LogP contribution in [0.5, 0.6) is 0 Å². The maximum Gasteiger partial charge on any atom is 0.337 e. The zero-order valence-electron chi connectivity index (χ0n) is 11.0. The molecule has 5 heteroatoms. The van der Waals surface area contributed by atoms with Gasteiger partial charge in [-0.1, -0.05) is 11.8 Å². The molecule has 0 aliphatic carbocycles. The first-order chi connectivity index (χ1) is 9.08. The highest BCUT2D eigenvalue weighted by Gasteiger charge is 2.08. The first kappa shape index (κ1) is 13.5. The number of ether oxygens (including phenoxy) is 1. The molecule has 0 aromatic carbocycles. The Balaban J connectivity index is 2.25. The predicted molar refractivity (Wildman–Crippen MR) is 73.4 cm³/mol. The van der Waals surface area contributed by atoms with E-state index in [0.717, 1.165) is 21.3 Å². The molecule has 19 heavy (non-hydrogen) atoms. The summed E-state index contributed by atoms with van der Waals surface area (Å²) in [4.78, 5) is 20.1. The number of carbonyl (C=O) groups excluding carboxylic acids is 1. The molecule has 0 saturated heterocycles. The van der Waals surface area contributed by atoms with Crippen LogP contribution in [-0.4, -0.2) is 23.0 Å². The molecule has 0 fully saturated rings. The molecule has 4 nitrogen and oxygen atoms in total. The van der Waals surface area contributed by atoms with E-state index in [0.29, 0.717) is 5.56 Å². The summed E-state index contributed by atoms with van der Waals surface area (Å²) in [6.07, 6.45) is 1.59. The van der Waals surface area contributed by atoms with Crippen LogP contribution in [0, 0.1) is 13.8 Å². The van der Waals surface area contributed by atoms with E-state index in [1.165, 1.54) is 18.9 Å². The number of hydrogen-bond acceptors (Lipinski definition) is 5. The second kappa shape index (κ2) is 5.84. The molecule has 2 aromatic heterocycles. The first-order valence-electron chi connectivity index (χ1n) is 5.76. The SMILES string of the molecule is COC(=O)c1ccnc(Sc2cc(C)cc(C)n2)c1. The van der Waals surface area contributed by atoms with E-state index in [2.05, 4.69) is 14.7 Å². The van der Waals surface area contributed by atoms with Gasteiger partial charge in [-0.15, -0.1) is 0 Å². The van der Waals surface area contributed by atoms with Crippen molar-refractivity contribution in [3.63, 3.8) is 0 Å². The number of aromatic nitrogens is 2. The van der Waals surface area contributed by atoms with E-state index in [-0.39, 0.29) is 5.97 Å². The van der Waals surface area contributed by atoms with Crippen molar-refractivity contribution in [1.82, 2.24) is 9.97 Å². The molecule has 2 rings (SSSR count). The number of methoxy groups -OCH3 is 1. The highest BCUT2D eigenvalue weighted by molar-refractivity contribution is 7.99. The highest BCUT2D eigenvalue weighted by atomic mass is 32.2. The maximum atomic E-state index is 11.5. The number of pyridine rings is 2. The van der Waals surface area contributed by atoms with Crippen molar-refractivity contribution in [2.75, 3.05) is 7.11 Å². The van der Waals surface area contributed by atoms with E-state index in [9.17, 15) is 4.79 Å². The Morgan fingerprint density at radius 3 is 2.68 bits per heavy atom. The molecule has 0 saturated carbocycles. The van der Waals surface area contributed by atoms with Crippen LogP contribution in [0.25, 0.3) is 0 Å². The van der Waals surface area contributed by atoms with Gasteiger partial charge in [-0.2, -0.15) is 0 Å². The lowest BCUT2D eigenvalue weighted by Crippen LogP contribution is -2.01. The van der Waals surface area contributed by atoms with Crippen LogP contribution in [0.2, 0.25) is 0 Å². The number of aryl methyl sites for hydroxylation is 2. The Morgan fingerprint density at radius 2 is 2.00 bits per heavy atom. The van der Waals surface area contributed by atoms with Gasteiger partial charge in [-0.3, -0.25) is 0 Å². The van der Waals surface area contributed by atoms with Gasteiger partial charge < -0.3 is 4.74 Å². The lowest BCUT2D eigenvalue weighted by molar-refractivity contribution is 0.0600. The largest absolute Gasteiger partial charge is 0.465 e. The molecule has 0 radical (unpaired) electrons. The van der Waals surface area contributed by atoms with Crippen molar-refractivity contribution in [2.45, 2.75) is 23.9 Å². The summed E-state index contributed by atoms with van der Waals surface area (Å²) in [6.45, 7) is 3.98. The molecule has 0 aliphatic rings. The third kappa shape index (κ3) is 3.54. The topological polar surface area (TPSA) is 52.1 Å². The lowest BCUT2D eigenvalue weighted by Gasteiger charge is -2.04. The van der Waals surface area contributed by atoms with Gasteiger partial charge in [0.1, 0.15) is 10.1 Å². The Hall–Kier alpha value is -1.88. The molecular formula is C14H14N2O2S. The minimum absolute atomic E-state index is 0.363. The quantitative estimate of drug-likeness (QED) is 0.805. The number of rotatable bonds is 3. The van der Waals surface area contributed by atoms with Crippen LogP contribution >= 0.6 is 11.8 Å². The zero-order valence-corrected chi connectivity index (χ0v) is 11.8. The summed E-state index contributed by atoms with van der Waals surface area (Å²) in [7, 11) is 1.36. The van der Waals surface area contributed by atoms with Crippen LogP contribution in [0.15, 0.2) is 40.5 Å². The summed E-state index contributed by atoms with van der Waals surface area (Å²) in [6, 6.07) is 7.34. The fraction of sp³-hybridized carbons (Fsp3) is 0.214. The third-order valence-electron chi connectivity index (χ3n) is 2.44. The summed E-state index contributed by atoms with van der Waals surface area (Å²) >= 11 is 1.43. The van der Waals surface area contributed by atoms with Gasteiger partial charge in [0.2, 0.25) is 0 Å². The summed E-state index contributed by atoms with van der Waals surface area (Å²) in [5, 5.41) is 1.59. The van der Waals surface area contributed by atoms with Gasteiger partial charge in [0.25, 0.3) is 0 Å². The molecule has 0 bridgehead atoms. The van der Waals surface area contributed by atoms with Gasteiger partial charge in [0, 0.05) is 11.9 Å². The highest BCUT2D eigenvalue weighted by Crippen LogP contribution is 2.25. The molecule has 0 aliphatic heterocycles. The smallest absolute Gasteiger partial charge is 0.337 e. The summed E-state index contributed by atoms with van der Waals surface area (Å²) in [5.41, 5.74) is 2.61. The van der Waals surface area contributed by atoms with E-state index in [1.807, 2.05) is 26.0 Å². The zero-order chi connectivity index (χ0) is 13.8. The van der Waals surface area contributed by atoms with Crippen LogP contribution in [0.3, 0.4) is 0 Å². The number of nitrogens with zero attached hydrogens (tertiary/aromatic N) is 2. The fourth-order valence-corrected chi connectivity index (χ4v) is 2.62.